The van der Waals surface area contributed by atoms with E-state index in [0.29, 0.717) is 17.4 Å². The molecule has 0 saturated carbocycles. The second-order valence-electron chi connectivity index (χ2n) is 4.31. The fourth-order valence-electron chi connectivity index (χ4n) is 1.91. The topological polar surface area (TPSA) is 25.8 Å². The van der Waals surface area contributed by atoms with Gasteiger partial charge in [0.2, 0.25) is 0 Å². The Balaban J connectivity index is 1.98. The minimum Gasteiger partial charge on any atom is -0.222 e. The van der Waals surface area contributed by atoms with Crippen LogP contribution in [0.15, 0.2) is 30.3 Å². The third-order valence-electron chi connectivity index (χ3n) is 2.79. The maximum atomic E-state index is 12.8. The van der Waals surface area contributed by atoms with Gasteiger partial charge in [0.1, 0.15) is 21.6 Å². The molecular weight excluding hydrogens is 283 g/mol. The van der Waals surface area contributed by atoms with E-state index < -0.39 is 0 Å². The molecule has 96 valence electrons. The number of halogens is 2. The van der Waals surface area contributed by atoms with Gasteiger partial charge in [0.15, 0.2) is 0 Å². The summed E-state index contributed by atoms with van der Waals surface area (Å²) >= 11 is 7.76. The Morgan fingerprint density at radius 3 is 2.68 bits per heavy atom. The summed E-state index contributed by atoms with van der Waals surface area (Å²) in [7, 11) is 0. The summed E-state index contributed by atoms with van der Waals surface area (Å²) in [5, 5.41) is 1.37. The molecule has 0 unspecified atom stereocenters. The number of nitrogens with zero attached hydrogens (tertiary/aromatic N) is 2. The Labute approximate surface area is 118 Å². The van der Waals surface area contributed by atoms with E-state index in [1.165, 1.54) is 12.1 Å². The summed E-state index contributed by atoms with van der Waals surface area (Å²) in [6, 6.07) is 8.33. The van der Waals surface area contributed by atoms with E-state index in [4.69, 9.17) is 11.6 Å². The van der Waals surface area contributed by atoms with Gasteiger partial charge >= 0.3 is 0 Å². The molecule has 0 atom stereocenters. The zero-order chi connectivity index (χ0) is 13.4. The fraction of sp³-hybridized carbons (Fsp3) is 0.143. The second kappa shape index (κ2) is 4.87. The molecule has 0 amide bonds. The zero-order valence-corrected chi connectivity index (χ0v) is 11.7. The normalized spacial score (nSPS) is 11.1. The van der Waals surface area contributed by atoms with Gasteiger partial charge in [-0.3, -0.25) is 0 Å². The van der Waals surface area contributed by atoms with Gasteiger partial charge in [0.05, 0.1) is 0 Å². The highest BCUT2D eigenvalue weighted by atomic mass is 35.5. The summed E-state index contributed by atoms with van der Waals surface area (Å²) in [5.41, 5.74) is 0.963. The van der Waals surface area contributed by atoms with E-state index in [-0.39, 0.29) is 5.82 Å². The highest BCUT2D eigenvalue weighted by Crippen LogP contribution is 2.28. The lowest BCUT2D eigenvalue weighted by atomic mass is 10.1. The van der Waals surface area contributed by atoms with Crippen LogP contribution in [0.3, 0.4) is 0 Å². The molecule has 0 aliphatic heterocycles. The van der Waals surface area contributed by atoms with E-state index in [2.05, 4.69) is 9.97 Å². The van der Waals surface area contributed by atoms with Crippen LogP contribution in [0.4, 0.5) is 4.39 Å². The number of rotatable bonds is 2. The molecule has 0 aliphatic rings. The lowest BCUT2D eigenvalue weighted by molar-refractivity contribution is 0.627. The predicted molar refractivity (Wildman–Crippen MR) is 76.4 cm³/mol. The Morgan fingerprint density at radius 1 is 1.21 bits per heavy atom. The van der Waals surface area contributed by atoms with Crippen molar-refractivity contribution in [3.63, 3.8) is 0 Å². The van der Waals surface area contributed by atoms with Crippen molar-refractivity contribution in [2.75, 3.05) is 0 Å². The Hall–Kier alpha value is -1.52. The molecular formula is C14H10ClFN2S. The SMILES string of the molecule is Cc1cc2c(Cl)nc(Cc3ccc(F)cc3)nc2s1. The Morgan fingerprint density at radius 2 is 1.95 bits per heavy atom. The molecule has 0 spiro atoms. The van der Waals surface area contributed by atoms with Crippen molar-refractivity contribution >= 4 is 33.2 Å². The van der Waals surface area contributed by atoms with Crippen molar-refractivity contribution in [3.8, 4) is 0 Å². The van der Waals surface area contributed by atoms with Crippen LogP contribution in [-0.4, -0.2) is 9.97 Å². The summed E-state index contributed by atoms with van der Waals surface area (Å²) in [6.45, 7) is 2.02. The summed E-state index contributed by atoms with van der Waals surface area (Å²) in [6.07, 6.45) is 0.548. The van der Waals surface area contributed by atoms with E-state index in [1.807, 2.05) is 13.0 Å². The second-order valence-corrected chi connectivity index (χ2v) is 5.90. The van der Waals surface area contributed by atoms with E-state index >= 15 is 0 Å². The quantitative estimate of drug-likeness (QED) is 0.655. The molecule has 2 heterocycles. The van der Waals surface area contributed by atoms with Crippen molar-refractivity contribution in [2.24, 2.45) is 0 Å². The number of fused-ring (bicyclic) bond motifs is 1. The molecule has 3 aromatic rings. The largest absolute Gasteiger partial charge is 0.222 e. The highest BCUT2D eigenvalue weighted by molar-refractivity contribution is 7.18. The Kier molecular flexibility index (Phi) is 3.21. The van der Waals surface area contributed by atoms with Crippen LogP contribution in [0.1, 0.15) is 16.3 Å². The number of benzene rings is 1. The van der Waals surface area contributed by atoms with Gasteiger partial charge in [-0.25, -0.2) is 14.4 Å². The first-order chi connectivity index (χ1) is 9.11. The monoisotopic (exact) mass is 292 g/mol. The van der Waals surface area contributed by atoms with Crippen LogP contribution in [0.5, 0.6) is 0 Å². The number of thiophene rings is 1. The van der Waals surface area contributed by atoms with Gasteiger partial charge in [-0.1, -0.05) is 23.7 Å². The molecule has 0 saturated heterocycles. The molecule has 0 radical (unpaired) electrons. The maximum Gasteiger partial charge on any atom is 0.141 e. The molecule has 0 fully saturated rings. The predicted octanol–water partition coefficient (Wildman–Crippen LogP) is 4.38. The van der Waals surface area contributed by atoms with Gasteiger partial charge in [-0.2, -0.15) is 0 Å². The third kappa shape index (κ3) is 2.60. The van der Waals surface area contributed by atoms with E-state index in [1.54, 1.807) is 23.5 Å². The highest BCUT2D eigenvalue weighted by Gasteiger charge is 2.09. The van der Waals surface area contributed by atoms with Crippen LogP contribution >= 0.6 is 22.9 Å². The van der Waals surface area contributed by atoms with Crippen LogP contribution in [-0.2, 0) is 6.42 Å². The maximum absolute atomic E-state index is 12.8. The minimum absolute atomic E-state index is 0.243. The number of aryl methyl sites for hydroxylation is 1. The van der Waals surface area contributed by atoms with Crippen molar-refractivity contribution in [2.45, 2.75) is 13.3 Å². The van der Waals surface area contributed by atoms with Gasteiger partial charge in [0.25, 0.3) is 0 Å². The first-order valence-corrected chi connectivity index (χ1v) is 6.98. The van der Waals surface area contributed by atoms with Crippen molar-refractivity contribution in [1.82, 2.24) is 9.97 Å². The molecule has 2 aromatic heterocycles. The molecule has 0 aliphatic carbocycles. The fourth-order valence-corrected chi connectivity index (χ4v) is 3.11. The van der Waals surface area contributed by atoms with Crippen LogP contribution < -0.4 is 0 Å². The molecule has 5 heteroatoms. The number of aromatic nitrogens is 2. The molecule has 1 aromatic carbocycles. The number of hydrogen-bond acceptors (Lipinski definition) is 3. The van der Waals surface area contributed by atoms with Gasteiger partial charge in [-0.15, -0.1) is 11.3 Å². The first kappa shape index (κ1) is 12.5. The first-order valence-electron chi connectivity index (χ1n) is 5.79. The smallest absolute Gasteiger partial charge is 0.141 e. The summed E-state index contributed by atoms with van der Waals surface area (Å²) in [4.78, 5) is 10.9. The Bertz CT molecular complexity index is 737. The lowest BCUT2D eigenvalue weighted by Crippen LogP contribution is -1.96. The van der Waals surface area contributed by atoms with Gasteiger partial charge in [-0.05, 0) is 30.7 Å². The van der Waals surface area contributed by atoms with Crippen molar-refractivity contribution in [3.05, 3.63) is 57.6 Å². The van der Waals surface area contributed by atoms with Crippen molar-refractivity contribution < 1.29 is 4.39 Å². The minimum atomic E-state index is -0.243. The average Bonchev–Trinajstić information content (AvgIpc) is 2.73. The van der Waals surface area contributed by atoms with Gasteiger partial charge < -0.3 is 0 Å². The average molecular weight is 293 g/mol. The van der Waals surface area contributed by atoms with E-state index in [0.717, 1.165) is 20.7 Å². The molecule has 3 rings (SSSR count). The summed E-state index contributed by atoms with van der Waals surface area (Å²) < 4.78 is 12.8. The molecule has 0 bridgehead atoms. The lowest BCUT2D eigenvalue weighted by Gasteiger charge is -2.02. The summed E-state index contributed by atoms with van der Waals surface area (Å²) in [5.74, 6) is 0.415. The van der Waals surface area contributed by atoms with Gasteiger partial charge in [0, 0.05) is 16.7 Å². The van der Waals surface area contributed by atoms with Crippen LogP contribution in [0.25, 0.3) is 10.2 Å². The molecule has 2 nitrogen and oxygen atoms in total. The third-order valence-corrected chi connectivity index (χ3v) is 4.02. The van der Waals surface area contributed by atoms with E-state index in [9.17, 15) is 4.39 Å². The number of hydrogen-bond donors (Lipinski definition) is 0. The standard InChI is InChI=1S/C14H10ClFN2S/c1-8-6-11-13(15)17-12(18-14(11)19-8)7-9-2-4-10(16)5-3-9/h2-6H,7H2,1H3. The van der Waals surface area contributed by atoms with Crippen LogP contribution in [0, 0.1) is 12.7 Å². The van der Waals surface area contributed by atoms with Crippen LogP contribution in [0.2, 0.25) is 5.15 Å². The zero-order valence-electron chi connectivity index (χ0n) is 10.2. The molecule has 19 heavy (non-hydrogen) atoms. The van der Waals surface area contributed by atoms with Crippen molar-refractivity contribution in [1.29, 1.82) is 0 Å². The molecule has 0 N–H and O–H groups in total.